The molecule has 0 aliphatic heterocycles. The molecule has 0 aromatic heterocycles. The van der Waals surface area contributed by atoms with Crippen molar-refractivity contribution in [2.75, 3.05) is 5.32 Å². The highest BCUT2D eigenvalue weighted by Gasteiger charge is 2.13. The Morgan fingerprint density at radius 2 is 1.90 bits per heavy atom. The average Bonchev–Trinajstić information content (AvgIpc) is 2.49. The molecule has 2 aromatic carbocycles. The summed E-state index contributed by atoms with van der Waals surface area (Å²) >= 11 is 0. The fourth-order valence-electron chi connectivity index (χ4n) is 2.06. The minimum absolute atomic E-state index is 0.0543. The normalized spacial score (nSPS) is 11.6. The van der Waals surface area contributed by atoms with E-state index in [0.717, 1.165) is 5.56 Å². The van der Waals surface area contributed by atoms with E-state index in [4.69, 9.17) is 0 Å². The largest absolute Gasteiger partial charge is 0.506 e. The van der Waals surface area contributed by atoms with Gasteiger partial charge >= 0.3 is 0 Å². The Bertz CT molecular complexity index is 638. The lowest BCUT2D eigenvalue weighted by Crippen LogP contribution is -2.10. The summed E-state index contributed by atoms with van der Waals surface area (Å²) in [7, 11) is 0. The number of nitro benzene ring substituents is 1. The fourth-order valence-corrected chi connectivity index (χ4v) is 2.06. The van der Waals surface area contributed by atoms with Crippen LogP contribution in [0.5, 0.6) is 5.75 Å². The van der Waals surface area contributed by atoms with E-state index in [0.29, 0.717) is 12.1 Å². The van der Waals surface area contributed by atoms with Gasteiger partial charge in [-0.15, -0.1) is 6.58 Å². The van der Waals surface area contributed by atoms with Gasteiger partial charge in [-0.05, 0) is 24.1 Å². The average molecular weight is 284 g/mol. The molecule has 5 heteroatoms. The van der Waals surface area contributed by atoms with Crippen LogP contribution in [0.2, 0.25) is 0 Å². The van der Waals surface area contributed by atoms with E-state index in [9.17, 15) is 15.2 Å². The summed E-state index contributed by atoms with van der Waals surface area (Å²) in [5, 5.41) is 23.7. The van der Waals surface area contributed by atoms with Crippen molar-refractivity contribution >= 4 is 11.4 Å². The molecule has 0 amide bonds. The zero-order valence-corrected chi connectivity index (χ0v) is 11.4. The summed E-state index contributed by atoms with van der Waals surface area (Å²) in [5.41, 5.74) is 1.56. The third-order valence-electron chi connectivity index (χ3n) is 3.14. The van der Waals surface area contributed by atoms with E-state index in [1.165, 1.54) is 12.1 Å². The van der Waals surface area contributed by atoms with Crippen molar-refractivity contribution in [1.82, 2.24) is 0 Å². The van der Waals surface area contributed by atoms with Crippen molar-refractivity contribution < 1.29 is 10.0 Å². The summed E-state index contributed by atoms with van der Waals surface area (Å²) in [4.78, 5) is 10.3. The second kappa shape index (κ2) is 6.56. The van der Waals surface area contributed by atoms with Crippen LogP contribution in [0, 0.1) is 10.1 Å². The van der Waals surface area contributed by atoms with Crippen molar-refractivity contribution in [1.29, 1.82) is 0 Å². The summed E-state index contributed by atoms with van der Waals surface area (Å²) in [6.45, 7) is 3.73. The van der Waals surface area contributed by atoms with Gasteiger partial charge in [-0.2, -0.15) is 0 Å². The maximum atomic E-state index is 10.7. The van der Waals surface area contributed by atoms with Gasteiger partial charge in [0.05, 0.1) is 16.7 Å². The Morgan fingerprint density at radius 3 is 2.48 bits per heavy atom. The van der Waals surface area contributed by atoms with Crippen molar-refractivity contribution in [3.05, 3.63) is 76.9 Å². The van der Waals surface area contributed by atoms with Gasteiger partial charge < -0.3 is 10.4 Å². The molecule has 5 nitrogen and oxygen atoms in total. The van der Waals surface area contributed by atoms with Gasteiger partial charge in [0.1, 0.15) is 5.75 Å². The van der Waals surface area contributed by atoms with Crippen LogP contribution >= 0.6 is 0 Å². The molecular formula is C16H16N2O3. The Kier molecular flexibility index (Phi) is 4.56. The monoisotopic (exact) mass is 284 g/mol. The first kappa shape index (κ1) is 14.6. The Labute approximate surface area is 122 Å². The number of nitrogens with zero attached hydrogens (tertiary/aromatic N) is 1. The van der Waals surface area contributed by atoms with Crippen LogP contribution in [-0.2, 0) is 0 Å². The van der Waals surface area contributed by atoms with Gasteiger partial charge in [0.2, 0.25) is 0 Å². The summed E-state index contributed by atoms with van der Waals surface area (Å²) in [6.07, 6.45) is 2.39. The third-order valence-corrected chi connectivity index (χ3v) is 3.14. The molecular weight excluding hydrogens is 268 g/mol. The zero-order chi connectivity index (χ0) is 15.2. The van der Waals surface area contributed by atoms with Crippen molar-refractivity contribution in [2.24, 2.45) is 0 Å². The highest BCUT2D eigenvalue weighted by atomic mass is 16.6. The van der Waals surface area contributed by atoms with Gasteiger partial charge in [-0.3, -0.25) is 10.1 Å². The van der Waals surface area contributed by atoms with Crippen molar-refractivity contribution in [3.63, 3.8) is 0 Å². The molecule has 0 radical (unpaired) electrons. The summed E-state index contributed by atoms with van der Waals surface area (Å²) in [5.74, 6) is 0.161. The first-order chi connectivity index (χ1) is 10.1. The number of hydrogen-bond donors (Lipinski definition) is 2. The minimum Gasteiger partial charge on any atom is -0.506 e. The number of hydrogen-bond acceptors (Lipinski definition) is 4. The number of aromatic hydroxyl groups is 1. The van der Waals surface area contributed by atoms with E-state index in [-0.39, 0.29) is 17.5 Å². The molecule has 108 valence electrons. The molecule has 1 unspecified atom stereocenters. The molecule has 0 bridgehead atoms. The molecule has 2 aromatic rings. The lowest BCUT2D eigenvalue weighted by Gasteiger charge is -2.19. The van der Waals surface area contributed by atoms with Gasteiger partial charge in [-0.25, -0.2) is 0 Å². The van der Waals surface area contributed by atoms with Crippen LogP contribution in [0.25, 0.3) is 0 Å². The molecule has 0 fully saturated rings. The Hall–Kier alpha value is -2.82. The third kappa shape index (κ3) is 3.60. The highest BCUT2D eigenvalue weighted by molar-refractivity contribution is 5.56. The van der Waals surface area contributed by atoms with E-state index < -0.39 is 4.92 Å². The second-order valence-electron chi connectivity index (χ2n) is 4.59. The van der Waals surface area contributed by atoms with E-state index in [1.807, 2.05) is 6.07 Å². The molecule has 0 aliphatic rings. The molecule has 0 saturated heterocycles. The topological polar surface area (TPSA) is 75.4 Å². The van der Waals surface area contributed by atoms with E-state index in [1.54, 1.807) is 36.4 Å². The second-order valence-corrected chi connectivity index (χ2v) is 4.59. The quantitative estimate of drug-likeness (QED) is 0.363. The molecule has 2 rings (SSSR count). The molecule has 0 saturated carbocycles. The summed E-state index contributed by atoms with van der Waals surface area (Å²) < 4.78 is 0. The smallest absolute Gasteiger partial charge is 0.269 e. The van der Waals surface area contributed by atoms with Crippen LogP contribution in [0.15, 0.2) is 61.2 Å². The number of nitro groups is 1. The standard InChI is InChI=1S/C16H16N2O3/c1-2-5-14(17-15-6-3-4-7-16(15)19)12-8-10-13(11-9-12)18(20)21/h2-4,6-11,14,17,19H,1,5H2. The summed E-state index contributed by atoms with van der Waals surface area (Å²) in [6, 6.07) is 13.2. The van der Waals surface area contributed by atoms with Gasteiger partial charge in [0.25, 0.3) is 5.69 Å². The maximum absolute atomic E-state index is 10.7. The molecule has 0 aliphatic carbocycles. The lowest BCUT2D eigenvalue weighted by molar-refractivity contribution is -0.384. The first-order valence-corrected chi connectivity index (χ1v) is 6.51. The number of non-ortho nitro benzene ring substituents is 1. The number of phenols is 1. The lowest BCUT2D eigenvalue weighted by atomic mass is 10.0. The number of anilines is 1. The molecule has 21 heavy (non-hydrogen) atoms. The van der Waals surface area contributed by atoms with Crippen LogP contribution in [0.4, 0.5) is 11.4 Å². The molecule has 1 atom stereocenters. The molecule has 0 spiro atoms. The number of phenolic OH excluding ortho intramolecular Hbond substituents is 1. The van der Waals surface area contributed by atoms with Crippen LogP contribution in [0.1, 0.15) is 18.0 Å². The predicted octanol–water partition coefficient (Wildman–Crippen LogP) is 4.03. The van der Waals surface area contributed by atoms with Crippen LogP contribution in [0.3, 0.4) is 0 Å². The van der Waals surface area contributed by atoms with Crippen LogP contribution in [-0.4, -0.2) is 10.0 Å². The predicted molar refractivity (Wildman–Crippen MR) is 82.4 cm³/mol. The number of rotatable bonds is 6. The van der Waals surface area contributed by atoms with Gasteiger partial charge in [0, 0.05) is 12.1 Å². The Morgan fingerprint density at radius 1 is 1.24 bits per heavy atom. The van der Waals surface area contributed by atoms with Crippen molar-refractivity contribution in [2.45, 2.75) is 12.5 Å². The molecule has 0 heterocycles. The number of para-hydroxylation sites is 2. The number of nitrogens with one attached hydrogen (secondary N) is 1. The minimum atomic E-state index is -0.428. The van der Waals surface area contributed by atoms with E-state index in [2.05, 4.69) is 11.9 Å². The van der Waals surface area contributed by atoms with E-state index >= 15 is 0 Å². The van der Waals surface area contributed by atoms with Crippen molar-refractivity contribution in [3.8, 4) is 5.75 Å². The highest BCUT2D eigenvalue weighted by Crippen LogP contribution is 2.29. The number of benzene rings is 2. The van der Waals surface area contributed by atoms with Crippen LogP contribution < -0.4 is 5.32 Å². The Balaban J connectivity index is 2.24. The van der Waals surface area contributed by atoms with Gasteiger partial charge in [-0.1, -0.05) is 30.3 Å². The maximum Gasteiger partial charge on any atom is 0.269 e. The fraction of sp³-hybridized carbons (Fsp3) is 0.125. The zero-order valence-electron chi connectivity index (χ0n) is 11.4. The SMILES string of the molecule is C=CCC(Nc1ccccc1O)c1ccc([N+](=O)[O-])cc1. The molecule has 2 N–H and O–H groups in total. The first-order valence-electron chi connectivity index (χ1n) is 6.51. The van der Waals surface area contributed by atoms with Gasteiger partial charge in [0.15, 0.2) is 0 Å².